The molecule has 0 aliphatic heterocycles. The van der Waals surface area contributed by atoms with Gasteiger partial charge in [-0.1, -0.05) is 13.8 Å². The zero-order valence-electron chi connectivity index (χ0n) is 10.2. The van der Waals surface area contributed by atoms with Crippen molar-refractivity contribution in [3.8, 4) is 0 Å². The van der Waals surface area contributed by atoms with Crippen LogP contribution in [-0.2, 0) is 17.1 Å². The van der Waals surface area contributed by atoms with E-state index in [0.29, 0.717) is 12.3 Å². The first-order valence-electron chi connectivity index (χ1n) is 5.43. The number of hydrogen-bond acceptors (Lipinski definition) is 3. The third-order valence-corrected chi connectivity index (χ3v) is 4.19. The number of sulfonamides is 1. The maximum atomic E-state index is 12.0. The van der Waals surface area contributed by atoms with Gasteiger partial charge in [-0.3, -0.25) is 4.68 Å². The van der Waals surface area contributed by atoms with Crippen LogP contribution in [0.5, 0.6) is 0 Å². The minimum absolute atomic E-state index is 0.155. The first-order chi connectivity index (χ1) is 7.86. The predicted molar refractivity (Wildman–Crippen MR) is 67.5 cm³/mol. The zero-order chi connectivity index (χ0) is 13.1. The maximum Gasteiger partial charge on any atom is 0.243 e. The van der Waals surface area contributed by atoms with Gasteiger partial charge in [-0.2, -0.15) is 5.10 Å². The average Bonchev–Trinajstić information content (AvgIpc) is 2.64. The van der Waals surface area contributed by atoms with Crippen molar-refractivity contribution in [2.24, 2.45) is 13.0 Å². The summed E-state index contributed by atoms with van der Waals surface area (Å²) >= 11 is 5.67. The molecule has 5 nitrogen and oxygen atoms in total. The fraction of sp³-hybridized carbons (Fsp3) is 0.700. The van der Waals surface area contributed by atoms with Crippen LogP contribution in [0.1, 0.15) is 20.3 Å². The lowest BCUT2D eigenvalue weighted by Gasteiger charge is -2.20. The molecule has 0 aliphatic rings. The standard InChI is InChI=1S/C10H18ClN3O2S/c1-8(2)10(4-5-11)13-17(15,16)9-6-12-14(3)7-9/h6-8,10,13H,4-5H2,1-3H3. The van der Waals surface area contributed by atoms with Gasteiger partial charge in [-0.25, -0.2) is 13.1 Å². The Morgan fingerprint density at radius 2 is 2.18 bits per heavy atom. The Hall–Kier alpha value is -0.590. The molecule has 98 valence electrons. The van der Waals surface area contributed by atoms with Gasteiger partial charge in [0.2, 0.25) is 10.0 Å². The number of aromatic nitrogens is 2. The van der Waals surface area contributed by atoms with Crippen molar-refractivity contribution in [1.82, 2.24) is 14.5 Å². The van der Waals surface area contributed by atoms with Crippen LogP contribution in [0.2, 0.25) is 0 Å². The Morgan fingerprint density at radius 3 is 2.59 bits per heavy atom. The van der Waals surface area contributed by atoms with Crippen LogP contribution in [0.25, 0.3) is 0 Å². The molecular weight excluding hydrogens is 262 g/mol. The summed E-state index contributed by atoms with van der Waals surface area (Å²) in [4.78, 5) is 0.181. The SMILES string of the molecule is CC(C)C(CCCl)NS(=O)(=O)c1cnn(C)c1. The fourth-order valence-electron chi connectivity index (χ4n) is 1.45. The van der Waals surface area contributed by atoms with Crippen LogP contribution < -0.4 is 4.72 Å². The number of nitrogens with one attached hydrogen (secondary N) is 1. The average molecular weight is 280 g/mol. The molecule has 1 unspecified atom stereocenters. The van der Waals surface area contributed by atoms with Gasteiger partial charge in [0, 0.05) is 25.2 Å². The van der Waals surface area contributed by atoms with E-state index in [2.05, 4.69) is 9.82 Å². The van der Waals surface area contributed by atoms with Crippen LogP contribution in [0, 0.1) is 5.92 Å². The van der Waals surface area contributed by atoms with Crippen LogP contribution in [0.15, 0.2) is 17.3 Å². The van der Waals surface area contributed by atoms with Crippen LogP contribution in [0.4, 0.5) is 0 Å². The highest BCUT2D eigenvalue weighted by atomic mass is 35.5. The van der Waals surface area contributed by atoms with Gasteiger partial charge in [0.15, 0.2) is 0 Å². The first-order valence-corrected chi connectivity index (χ1v) is 7.45. The fourth-order valence-corrected chi connectivity index (χ4v) is 3.09. The molecule has 0 aromatic carbocycles. The van der Waals surface area contributed by atoms with E-state index in [-0.39, 0.29) is 16.9 Å². The van der Waals surface area contributed by atoms with E-state index in [4.69, 9.17) is 11.6 Å². The molecule has 1 atom stereocenters. The van der Waals surface area contributed by atoms with Gasteiger partial charge < -0.3 is 0 Å². The zero-order valence-corrected chi connectivity index (χ0v) is 11.8. The van der Waals surface area contributed by atoms with Crippen molar-refractivity contribution < 1.29 is 8.42 Å². The third kappa shape index (κ3) is 3.97. The van der Waals surface area contributed by atoms with E-state index in [9.17, 15) is 8.42 Å². The number of halogens is 1. The summed E-state index contributed by atoms with van der Waals surface area (Å²) in [6.45, 7) is 3.92. The highest BCUT2D eigenvalue weighted by Crippen LogP contribution is 2.13. The van der Waals surface area contributed by atoms with Crippen molar-refractivity contribution in [3.05, 3.63) is 12.4 Å². The van der Waals surface area contributed by atoms with Crippen molar-refractivity contribution in [3.63, 3.8) is 0 Å². The van der Waals surface area contributed by atoms with E-state index < -0.39 is 10.0 Å². The molecule has 1 rings (SSSR count). The second kappa shape index (κ2) is 5.84. The van der Waals surface area contributed by atoms with Gasteiger partial charge in [0.1, 0.15) is 4.90 Å². The smallest absolute Gasteiger partial charge is 0.243 e. The molecule has 1 heterocycles. The summed E-state index contributed by atoms with van der Waals surface area (Å²) in [5, 5.41) is 3.85. The van der Waals surface area contributed by atoms with E-state index in [0.717, 1.165) is 0 Å². The number of alkyl halides is 1. The summed E-state index contributed by atoms with van der Waals surface area (Å²) in [6, 6.07) is -0.155. The normalized spacial score (nSPS) is 14.2. The Balaban J connectivity index is 2.84. The lowest BCUT2D eigenvalue weighted by atomic mass is 10.0. The van der Waals surface area contributed by atoms with Crippen molar-refractivity contribution >= 4 is 21.6 Å². The van der Waals surface area contributed by atoms with Crippen LogP contribution in [-0.4, -0.2) is 30.1 Å². The molecule has 0 saturated heterocycles. The highest BCUT2D eigenvalue weighted by Gasteiger charge is 2.23. The molecule has 7 heteroatoms. The Morgan fingerprint density at radius 1 is 1.53 bits per heavy atom. The second-order valence-corrected chi connectivity index (χ2v) is 6.39. The van der Waals surface area contributed by atoms with Crippen molar-refractivity contribution in [1.29, 1.82) is 0 Å². The predicted octanol–water partition coefficient (Wildman–Crippen LogP) is 1.35. The lowest BCUT2D eigenvalue weighted by molar-refractivity contribution is 0.439. The first kappa shape index (κ1) is 14.5. The molecule has 0 aliphatic carbocycles. The molecule has 1 aromatic rings. The molecular formula is C10H18ClN3O2S. The summed E-state index contributed by atoms with van der Waals surface area (Å²) < 4.78 is 28.2. The minimum Gasteiger partial charge on any atom is -0.274 e. The molecule has 0 fully saturated rings. The molecule has 0 radical (unpaired) electrons. The summed E-state index contributed by atoms with van der Waals surface area (Å²) in [7, 11) is -1.82. The lowest BCUT2D eigenvalue weighted by Crippen LogP contribution is -2.38. The van der Waals surface area contributed by atoms with Gasteiger partial charge in [-0.05, 0) is 12.3 Å². The Kier molecular flexibility index (Phi) is 4.97. The summed E-state index contributed by atoms with van der Waals surface area (Å²) in [5.74, 6) is 0.624. The number of rotatable bonds is 6. The molecule has 1 aromatic heterocycles. The minimum atomic E-state index is -3.50. The van der Waals surface area contributed by atoms with Crippen molar-refractivity contribution in [2.75, 3.05) is 5.88 Å². The number of aryl methyl sites for hydroxylation is 1. The van der Waals surface area contributed by atoms with E-state index in [1.54, 1.807) is 7.05 Å². The van der Waals surface area contributed by atoms with Crippen LogP contribution >= 0.6 is 11.6 Å². The third-order valence-electron chi connectivity index (χ3n) is 2.52. The molecule has 0 bridgehead atoms. The molecule has 17 heavy (non-hydrogen) atoms. The van der Waals surface area contributed by atoms with Gasteiger partial charge in [-0.15, -0.1) is 11.6 Å². The van der Waals surface area contributed by atoms with E-state index in [1.165, 1.54) is 17.1 Å². The summed E-state index contributed by atoms with van der Waals surface area (Å²) in [5.41, 5.74) is 0. The van der Waals surface area contributed by atoms with Crippen molar-refractivity contribution in [2.45, 2.75) is 31.2 Å². The second-order valence-electron chi connectivity index (χ2n) is 4.30. The highest BCUT2D eigenvalue weighted by molar-refractivity contribution is 7.89. The quantitative estimate of drug-likeness (QED) is 0.800. The van der Waals surface area contributed by atoms with Gasteiger partial charge in [0.25, 0.3) is 0 Å². The Labute approximate surface area is 107 Å². The molecule has 0 saturated carbocycles. The van der Waals surface area contributed by atoms with Gasteiger partial charge >= 0.3 is 0 Å². The van der Waals surface area contributed by atoms with E-state index in [1.807, 2.05) is 13.8 Å². The van der Waals surface area contributed by atoms with Gasteiger partial charge in [0.05, 0.1) is 6.20 Å². The Bertz CT molecular complexity index is 456. The molecule has 1 N–H and O–H groups in total. The monoisotopic (exact) mass is 279 g/mol. The topological polar surface area (TPSA) is 64.0 Å². The number of hydrogen-bond donors (Lipinski definition) is 1. The van der Waals surface area contributed by atoms with E-state index >= 15 is 0 Å². The number of nitrogens with zero attached hydrogens (tertiary/aromatic N) is 2. The largest absolute Gasteiger partial charge is 0.274 e. The summed E-state index contributed by atoms with van der Waals surface area (Å²) in [6.07, 6.45) is 3.42. The molecule has 0 amide bonds. The molecule has 0 spiro atoms. The maximum absolute atomic E-state index is 12.0. The van der Waals surface area contributed by atoms with Crippen LogP contribution in [0.3, 0.4) is 0 Å².